The van der Waals surface area contributed by atoms with Crippen molar-refractivity contribution < 1.29 is 22.0 Å². The average Bonchev–Trinajstić information content (AvgIpc) is 2.40. The van der Waals surface area contributed by atoms with E-state index in [2.05, 4.69) is 15.9 Å². The molecule has 0 aromatic heterocycles. The van der Waals surface area contributed by atoms with Crippen LogP contribution in [0.4, 0.5) is 22.0 Å². The van der Waals surface area contributed by atoms with Gasteiger partial charge in [0, 0.05) is 10.4 Å². The lowest BCUT2D eigenvalue weighted by Gasteiger charge is -2.15. The molecule has 112 valence electrons. The predicted molar refractivity (Wildman–Crippen MR) is 73.2 cm³/mol. The van der Waals surface area contributed by atoms with Crippen LogP contribution in [0.1, 0.15) is 21.5 Å². The molecule has 0 N–H and O–H groups in total. The van der Waals surface area contributed by atoms with Gasteiger partial charge in [-0.1, -0.05) is 46.3 Å². The summed E-state index contributed by atoms with van der Waals surface area (Å²) >= 11 is 3.13. The minimum absolute atomic E-state index is 0.0465. The van der Waals surface area contributed by atoms with E-state index < -0.39 is 28.2 Å². The molecule has 0 saturated carbocycles. The standard InChI is InChI=1S/C15H10BrF5/c16-12(8-9-4-1-2-7-13(9)17)10-5-3-6-11(14(10)18)15(19,20)21/h1-7,12H,8H2. The molecule has 0 bridgehead atoms. The summed E-state index contributed by atoms with van der Waals surface area (Å²) in [5.74, 6) is -1.81. The highest BCUT2D eigenvalue weighted by molar-refractivity contribution is 9.09. The molecule has 0 aliphatic carbocycles. The molecule has 1 atom stereocenters. The average molecular weight is 365 g/mol. The first-order valence-electron chi connectivity index (χ1n) is 6.03. The number of alkyl halides is 4. The van der Waals surface area contributed by atoms with Crippen molar-refractivity contribution in [3.8, 4) is 0 Å². The maximum atomic E-state index is 14.0. The summed E-state index contributed by atoms with van der Waals surface area (Å²) in [6.45, 7) is 0. The molecule has 2 aromatic carbocycles. The lowest BCUT2D eigenvalue weighted by Crippen LogP contribution is -2.11. The van der Waals surface area contributed by atoms with Gasteiger partial charge < -0.3 is 0 Å². The third-order valence-electron chi connectivity index (χ3n) is 3.03. The van der Waals surface area contributed by atoms with Crippen LogP contribution in [0.25, 0.3) is 0 Å². The Kier molecular flexibility index (Phi) is 4.66. The maximum absolute atomic E-state index is 14.0. The highest BCUT2D eigenvalue weighted by Crippen LogP contribution is 2.37. The number of hydrogen-bond acceptors (Lipinski definition) is 0. The van der Waals surface area contributed by atoms with E-state index in [-0.39, 0.29) is 12.0 Å². The molecule has 0 fully saturated rings. The van der Waals surface area contributed by atoms with Gasteiger partial charge in [0.15, 0.2) is 0 Å². The minimum atomic E-state index is -4.76. The largest absolute Gasteiger partial charge is 0.419 e. The molecule has 0 nitrogen and oxygen atoms in total. The Labute approximate surface area is 126 Å². The summed E-state index contributed by atoms with van der Waals surface area (Å²) in [4.78, 5) is -0.753. The van der Waals surface area contributed by atoms with Crippen LogP contribution in [0.15, 0.2) is 42.5 Å². The minimum Gasteiger partial charge on any atom is -0.207 e. The molecule has 0 aliphatic rings. The molecule has 21 heavy (non-hydrogen) atoms. The summed E-state index contributed by atoms with van der Waals surface area (Å²) in [5.41, 5.74) is -1.16. The Balaban J connectivity index is 2.32. The van der Waals surface area contributed by atoms with Crippen LogP contribution in [0, 0.1) is 11.6 Å². The van der Waals surface area contributed by atoms with Gasteiger partial charge in [-0.2, -0.15) is 13.2 Å². The van der Waals surface area contributed by atoms with Crippen molar-refractivity contribution in [3.05, 3.63) is 70.8 Å². The van der Waals surface area contributed by atoms with E-state index in [4.69, 9.17) is 0 Å². The monoisotopic (exact) mass is 364 g/mol. The van der Waals surface area contributed by atoms with Gasteiger partial charge in [-0.15, -0.1) is 0 Å². The normalized spacial score (nSPS) is 13.2. The number of rotatable bonds is 3. The molecule has 0 spiro atoms. The molecule has 0 radical (unpaired) electrons. The number of hydrogen-bond donors (Lipinski definition) is 0. The summed E-state index contributed by atoms with van der Waals surface area (Å²) in [6.07, 6.45) is -4.71. The van der Waals surface area contributed by atoms with Gasteiger partial charge in [-0.25, -0.2) is 8.78 Å². The van der Waals surface area contributed by atoms with Gasteiger partial charge in [0.05, 0.1) is 5.56 Å². The SMILES string of the molecule is Fc1ccccc1CC(Br)c1cccc(C(F)(F)F)c1F. The molecule has 0 saturated heterocycles. The maximum Gasteiger partial charge on any atom is 0.419 e. The van der Waals surface area contributed by atoms with E-state index >= 15 is 0 Å². The fourth-order valence-electron chi connectivity index (χ4n) is 1.98. The zero-order valence-corrected chi connectivity index (χ0v) is 12.2. The van der Waals surface area contributed by atoms with Crippen LogP contribution < -0.4 is 0 Å². The molecular weight excluding hydrogens is 355 g/mol. The van der Waals surface area contributed by atoms with Crippen molar-refractivity contribution in [3.63, 3.8) is 0 Å². The molecule has 1 unspecified atom stereocenters. The molecule has 0 heterocycles. The summed E-state index contributed by atoms with van der Waals surface area (Å²) < 4.78 is 65.5. The Morgan fingerprint density at radius 2 is 1.62 bits per heavy atom. The van der Waals surface area contributed by atoms with Gasteiger partial charge in [0.1, 0.15) is 11.6 Å². The lowest BCUT2D eigenvalue weighted by atomic mass is 10.0. The van der Waals surface area contributed by atoms with E-state index in [1.165, 1.54) is 24.3 Å². The van der Waals surface area contributed by atoms with Crippen LogP contribution in [0.3, 0.4) is 0 Å². The highest BCUT2D eigenvalue weighted by Gasteiger charge is 2.35. The van der Waals surface area contributed by atoms with E-state index in [9.17, 15) is 22.0 Å². The molecule has 2 rings (SSSR count). The third kappa shape index (κ3) is 3.61. The lowest BCUT2D eigenvalue weighted by molar-refractivity contribution is -0.140. The van der Waals surface area contributed by atoms with Crippen molar-refractivity contribution in [2.75, 3.05) is 0 Å². The zero-order valence-electron chi connectivity index (χ0n) is 10.6. The molecule has 0 aliphatic heterocycles. The van der Waals surface area contributed by atoms with E-state index in [0.29, 0.717) is 11.6 Å². The first-order valence-corrected chi connectivity index (χ1v) is 6.95. The summed E-state index contributed by atoms with van der Waals surface area (Å²) in [7, 11) is 0. The Bertz CT molecular complexity index is 636. The van der Waals surface area contributed by atoms with Crippen molar-refractivity contribution in [1.29, 1.82) is 0 Å². The van der Waals surface area contributed by atoms with Crippen molar-refractivity contribution in [1.82, 2.24) is 0 Å². The van der Waals surface area contributed by atoms with Crippen molar-refractivity contribution >= 4 is 15.9 Å². The van der Waals surface area contributed by atoms with Crippen molar-refractivity contribution in [2.45, 2.75) is 17.4 Å². The van der Waals surface area contributed by atoms with Crippen LogP contribution in [-0.2, 0) is 12.6 Å². The highest BCUT2D eigenvalue weighted by atomic mass is 79.9. The second kappa shape index (κ2) is 6.13. The van der Waals surface area contributed by atoms with Crippen LogP contribution in [-0.4, -0.2) is 0 Å². The number of halogens is 6. The first kappa shape index (κ1) is 15.9. The van der Waals surface area contributed by atoms with Crippen LogP contribution in [0.5, 0.6) is 0 Å². The first-order chi connectivity index (χ1) is 9.80. The molecular formula is C15H10BrF5. The van der Waals surface area contributed by atoms with Crippen molar-refractivity contribution in [2.24, 2.45) is 0 Å². The predicted octanol–water partition coefficient (Wildman–Crippen LogP) is 5.66. The van der Waals surface area contributed by atoms with E-state index in [1.54, 1.807) is 6.07 Å². The van der Waals surface area contributed by atoms with E-state index in [0.717, 1.165) is 6.07 Å². The van der Waals surface area contributed by atoms with Crippen LogP contribution in [0.2, 0.25) is 0 Å². The third-order valence-corrected chi connectivity index (χ3v) is 3.85. The smallest absolute Gasteiger partial charge is 0.207 e. The summed E-state index contributed by atoms with van der Waals surface area (Å²) in [5, 5.41) is 0. The van der Waals surface area contributed by atoms with Gasteiger partial charge in [0.2, 0.25) is 0 Å². The molecule has 0 amide bonds. The molecule has 2 aromatic rings. The number of benzene rings is 2. The quantitative estimate of drug-likeness (QED) is 0.486. The van der Waals surface area contributed by atoms with E-state index in [1.807, 2.05) is 0 Å². The second-order valence-electron chi connectivity index (χ2n) is 4.47. The fourth-order valence-corrected chi connectivity index (χ4v) is 2.68. The summed E-state index contributed by atoms with van der Waals surface area (Å²) in [6, 6.07) is 8.95. The Morgan fingerprint density at radius 3 is 2.24 bits per heavy atom. The van der Waals surface area contributed by atoms with Gasteiger partial charge in [-0.05, 0) is 24.1 Å². The molecule has 6 heteroatoms. The van der Waals surface area contributed by atoms with Crippen LogP contribution >= 0.6 is 15.9 Å². The zero-order chi connectivity index (χ0) is 15.6. The van der Waals surface area contributed by atoms with Gasteiger partial charge in [-0.3, -0.25) is 0 Å². The second-order valence-corrected chi connectivity index (χ2v) is 5.57. The van der Waals surface area contributed by atoms with Gasteiger partial charge in [0.25, 0.3) is 0 Å². The Morgan fingerprint density at radius 1 is 0.952 bits per heavy atom. The topological polar surface area (TPSA) is 0 Å². The fraction of sp³-hybridized carbons (Fsp3) is 0.200. The van der Waals surface area contributed by atoms with Gasteiger partial charge >= 0.3 is 6.18 Å². The Hall–Kier alpha value is -1.43.